The Morgan fingerprint density at radius 1 is 1.10 bits per heavy atom. The van der Waals surface area contributed by atoms with Crippen LogP contribution in [0.3, 0.4) is 0 Å². The van der Waals surface area contributed by atoms with Crippen molar-refractivity contribution < 1.29 is 14.3 Å². The first-order chi connectivity index (χ1) is 14.5. The van der Waals surface area contributed by atoms with Crippen molar-refractivity contribution in [2.24, 2.45) is 0 Å². The van der Waals surface area contributed by atoms with E-state index in [1.807, 2.05) is 31.2 Å². The van der Waals surface area contributed by atoms with Crippen LogP contribution < -0.4 is 15.4 Å². The highest BCUT2D eigenvalue weighted by molar-refractivity contribution is 9.10. The zero-order valence-electron chi connectivity index (χ0n) is 16.3. The predicted molar refractivity (Wildman–Crippen MR) is 118 cm³/mol. The molecule has 1 aliphatic rings. The molecular formula is C23H20BrN3O3. The molecule has 0 saturated carbocycles. The van der Waals surface area contributed by atoms with Crippen LogP contribution in [0.5, 0.6) is 5.75 Å². The molecule has 2 amide bonds. The van der Waals surface area contributed by atoms with Gasteiger partial charge in [-0.15, -0.1) is 0 Å². The van der Waals surface area contributed by atoms with Crippen LogP contribution in [0.25, 0.3) is 0 Å². The number of anilines is 1. The summed E-state index contributed by atoms with van der Waals surface area (Å²) in [6.07, 6.45) is 3.78. The quantitative estimate of drug-likeness (QED) is 0.587. The third kappa shape index (κ3) is 4.21. The molecule has 0 spiro atoms. The first-order valence-electron chi connectivity index (χ1n) is 9.57. The molecule has 0 saturated heterocycles. The Labute approximate surface area is 182 Å². The van der Waals surface area contributed by atoms with E-state index in [-0.39, 0.29) is 17.9 Å². The molecular weight excluding hydrogens is 446 g/mol. The lowest BCUT2D eigenvalue weighted by Gasteiger charge is -2.27. The van der Waals surface area contributed by atoms with Crippen LogP contribution in [0.4, 0.5) is 5.69 Å². The maximum atomic E-state index is 13.2. The number of hydrogen-bond donors (Lipinski definition) is 2. The van der Waals surface area contributed by atoms with Crippen LogP contribution >= 0.6 is 15.9 Å². The number of carbonyl (C=O) groups excluding carboxylic acids is 2. The van der Waals surface area contributed by atoms with E-state index < -0.39 is 0 Å². The average molecular weight is 466 g/mol. The normalized spacial score (nSPS) is 14.9. The summed E-state index contributed by atoms with van der Waals surface area (Å²) < 4.78 is 6.63. The minimum atomic E-state index is -0.291. The van der Waals surface area contributed by atoms with Crippen LogP contribution in [-0.2, 0) is 0 Å². The van der Waals surface area contributed by atoms with Crippen molar-refractivity contribution in [3.8, 4) is 5.75 Å². The summed E-state index contributed by atoms with van der Waals surface area (Å²) in [4.78, 5) is 29.7. The SMILES string of the molecule is Cc1cccc(C(=O)NC2CCOc3ccc(Br)cc32)c1NC(=O)c1ccncc1. The molecule has 30 heavy (non-hydrogen) atoms. The van der Waals surface area contributed by atoms with Crippen LogP contribution in [0.15, 0.2) is 65.4 Å². The van der Waals surface area contributed by atoms with E-state index in [9.17, 15) is 9.59 Å². The fraction of sp³-hybridized carbons (Fsp3) is 0.174. The maximum Gasteiger partial charge on any atom is 0.255 e. The lowest BCUT2D eigenvalue weighted by Crippen LogP contribution is -2.33. The van der Waals surface area contributed by atoms with Gasteiger partial charge in [0, 0.05) is 34.4 Å². The smallest absolute Gasteiger partial charge is 0.255 e. The van der Waals surface area contributed by atoms with Gasteiger partial charge in [-0.25, -0.2) is 0 Å². The Morgan fingerprint density at radius 3 is 2.70 bits per heavy atom. The second-order valence-electron chi connectivity index (χ2n) is 7.03. The van der Waals surface area contributed by atoms with Crippen LogP contribution in [0, 0.1) is 6.92 Å². The van der Waals surface area contributed by atoms with E-state index in [0.29, 0.717) is 29.8 Å². The molecule has 2 N–H and O–H groups in total. The summed E-state index contributed by atoms with van der Waals surface area (Å²) in [6.45, 7) is 2.39. The number of aryl methyl sites for hydroxylation is 1. The average Bonchev–Trinajstić information content (AvgIpc) is 2.76. The molecule has 6 nitrogen and oxygen atoms in total. The standard InChI is InChI=1S/C23H20BrN3O3/c1-14-3-2-4-17(21(14)27-22(28)15-7-10-25-11-8-15)23(29)26-19-9-12-30-20-6-5-16(24)13-18(19)20/h2-8,10-11,13,19H,9,12H2,1H3,(H,26,29)(H,27,28). The van der Waals surface area contributed by atoms with Gasteiger partial charge in [0.1, 0.15) is 5.75 Å². The van der Waals surface area contributed by atoms with Crippen molar-refractivity contribution >= 4 is 33.4 Å². The fourth-order valence-electron chi connectivity index (χ4n) is 3.46. The summed E-state index contributed by atoms with van der Waals surface area (Å²) in [5, 5.41) is 5.98. The number of pyridine rings is 1. The van der Waals surface area contributed by atoms with Gasteiger partial charge in [-0.3, -0.25) is 14.6 Å². The van der Waals surface area contributed by atoms with E-state index in [0.717, 1.165) is 21.3 Å². The highest BCUT2D eigenvalue weighted by Crippen LogP contribution is 2.34. The molecule has 0 bridgehead atoms. The molecule has 152 valence electrons. The Morgan fingerprint density at radius 2 is 1.90 bits per heavy atom. The summed E-state index contributed by atoms with van der Waals surface area (Å²) >= 11 is 3.48. The third-order valence-corrected chi connectivity index (χ3v) is 5.51. The Bertz CT molecular complexity index is 1100. The van der Waals surface area contributed by atoms with Crippen LogP contribution in [0.2, 0.25) is 0 Å². The summed E-state index contributed by atoms with van der Waals surface area (Å²) in [5.74, 6) is 0.229. The van der Waals surface area contributed by atoms with Gasteiger partial charge in [0.15, 0.2) is 0 Å². The highest BCUT2D eigenvalue weighted by atomic mass is 79.9. The largest absolute Gasteiger partial charge is 0.493 e. The van der Waals surface area contributed by atoms with Crippen molar-refractivity contribution in [3.63, 3.8) is 0 Å². The summed E-state index contributed by atoms with van der Waals surface area (Å²) in [7, 11) is 0. The Balaban J connectivity index is 1.59. The number of nitrogens with one attached hydrogen (secondary N) is 2. The number of amides is 2. The van der Waals surface area contributed by atoms with Gasteiger partial charge in [0.2, 0.25) is 0 Å². The lowest BCUT2D eigenvalue weighted by atomic mass is 9.99. The van der Waals surface area contributed by atoms with Crippen LogP contribution in [0.1, 0.15) is 44.3 Å². The van der Waals surface area contributed by atoms with Crippen molar-refractivity contribution in [2.45, 2.75) is 19.4 Å². The maximum absolute atomic E-state index is 13.2. The van der Waals surface area contributed by atoms with E-state index in [1.165, 1.54) is 0 Å². The molecule has 2 aromatic carbocycles. The number of ether oxygens (including phenoxy) is 1. The number of nitrogens with zero attached hydrogens (tertiary/aromatic N) is 1. The highest BCUT2D eigenvalue weighted by Gasteiger charge is 2.25. The van der Waals surface area contributed by atoms with Gasteiger partial charge >= 0.3 is 0 Å². The molecule has 0 radical (unpaired) electrons. The van der Waals surface area contributed by atoms with Crippen molar-refractivity contribution in [3.05, 3.63) is 87.7 Å². The minimum Gasteiger partial charge on any atom is -0.493 e. The zero-order chi connectivity index (χ0) is 21.1. The second-order valence-corrected chi connectivity index (χ2v) is 7.95. The molecule has 7 heteroatoms. The first kappa shape index (κ1) is 20.1. The number of fused-ring (bicyclic) bond motifs is 1. The van der Waals surface area contributed by atoms with Gasteiger partial charge in [-0.05, 0) is 48.9 Å². The number of halogens is 1. The topological polar surface area (TPSA) is 80.3 Å². The van der Waals surface area contributed by atoms with E-state index in [2.05, 4.69) is 31.5 Å². The van der Waals surface area contributed by atoms with Crippen molar-refractivity contribution in [1.82, 2.24) is 10.3 Å². The molecule has 1 aromatic heterocycles. The van der Waals surface area contributed by atoms with Gasteiger partial charge in [-0.1, -0.05) is 28.1 Å². The molecule has 1 unspecified atom stereocenters. The van der Waals surface area contributed by atoms with Crippen LogP contribution in [-0.4, -0.2) is 23.4 Å². The molecule has 1 aliphatic heterocycles. The van der Waals surface area contributed by atoms with Crippen molar-refractivity contribution in [2.75, 3.05) is 11.9 Å². The zero-order valence-corrected chi connectivity index (χ0v) is 17.9. The van der Waals surface area contributed by atoms with E-state index in [4.69, 9.17) is 4.74 Å². The van der Waals surface area contributed by atoms with E-state index >= 15 is 0 Å². The van der Waals surface area contributed by atoms with Gasteiger partial charge in [0.05, 0.1) is 23.9 Å². The number of aromatic nitrogens is 1. The van der Waals surface area contributed by atoms with E-state index in [1.54, 1.807) is 36.7 Å². The second kappa shape index (κ2) is 8.67. The molecule has 0 fully saturated rings. The lowest BCUT2D eigenvalue weighted by molar-refractivity contribution is 0.0925. The Hall–Kier alpha value is -3.19. The Kier molecular flexibility index (Phi) is 5.81. The number of carbonyl (C=O) groups is 2. The summed E-state index contributed by atoms with van der Waals surface area (Å²) in [6, 6.07) is 14.2. The molecule has 1 atom stereocenters. The van der Waals surface area contributed by atoms with Gasteiger partial charge < -0.3 is 15.4 Å². The minimum absolute atomic E-state index is 0.178. The monoisotopic (exact) mass is 465 g/mol. The third-order valence-electron chi connectivity index (χ3n) is 5.02. The molecule has 4 rings (SSSR count). The van der Waals surface area contributed by atoms with Gasteiger partial charge in [0.25, 0.3) is 11.8 Å². The first-order valence-corrected chi connectivity index (χ1v) is 10.4. The molecule has 0 aliphatic carbocycles. The van der Waals surface area contributed by atoms with Gasteiger partial charge in [-0.2, -0.15) is 0 Å². The molecule has 2 heterocycles. The number of rotatable bonds is 4. The number of hydrogen-bond acceptors (Lipinski definition) is 4. The fourth-order valence-corrected chi connectivity index (χ4v) is 3.84. The number of para-hydroxylation sites is 1. The molecule has 3 aromatic rings. The summed E-state index contributed by atoms with van der Waals surface area (Å²) in [5.41, 5.74) is 3.13. The van der Waals surface area contributed by atoms with Crippen molar-refractivity contribution in [1.29, 1.82) is 0 Å². The number of benzene rings is 2. The predicted octanol–water partition coefficient (Wildman–Crippen LogP) is 4.66.